The number of hydrogen-bond acceptors (Lipinski definition) is 2. The molecule has 0 radical (unpaired) electrons. The van der Waals surface area contributed by atoms with Gasteiger partial charge in [0, 0.05) is 18.7 Å². The summed E-state index contributed by atoms with van der Waals surface area (Å²) in [4.78, 5) is 13.9. The van der Waals surface area contributed by atoms with Crippen LogP contribution in [-0.4, -0.2) is 23.9 Å². The zero-order valence-corrected chi connectivity index (χ0v) is 8.67. The number of likely N-dealkylation sites (tertiary alicyclic amines) is 1. The van der Waals surface area contributed by atoms with Gasteiger partial charge in [0.2, 0.25) is 0 Å². The lowest BCUT2D eigenvalue weighted by Gasteiger charge is -2.14. The normalized spacial score (nSPS) is 16.3. The molecule has 2 heterocycles. The van der Waals surface area contributed by atoms with Crippen molar-refractivity contribution >= 4 is 5.91 Å². The van der Waals surface area contributed by atoms with Gasteiger partial charge >= 0.3 is 0 Å². The first-order valence-electron chi connectivity index (χ1n) is 5.04. The van der Waals surface area contributed by atoms with E-state index in [1.165, 1.54) is 0 Å². The number of furan rings is 1. The molecule has 0 bridgehead atoms. The molecule has 0 aromatic carbocycles. The molecule has 1 amide bonds. The van der Waals surface area contributed by atoms with Gasteiger partial charge < -0.3 is 9.32 Å². The van der Waals surface area contributed by atoms with Crippen LogP contribution in [0.25, 0.3) is 0 Å². The first-order valence-corrected chi connectivity index (χ1v) is 5.04. The molecule has 3 heteroatoms. The lowest BCUT2D eigenvalue weighted by atomic mass is 10.1. The number of nitrogens with zero attached hydrogens (tertiary/aromatic N) is 1. The second-order valence-electron chi connectivity index (χ2n) is 3.85. The molecule has 14 heavy (non-hydrogen) atoms. The molecule has 1 fully saturated rings. The molecule has 1 aromatic rings. The third-order valence-corrected chi connectivity index (χ3v) is 2.77. The van der Waals surface area contributed by atoms with E-state index >= 15 is 0 Å². The summed E-state index contributed by atoms with van der Waals surface area (Å²) < 4.78 is 5.23. The van der Waals surface area contributed by atoms with Gasteiger partial charge in [0.15, 0.2) is 0 Å². The monoisotopic (exact) mass is 193 g/mol. The molecule has 2 rings (SSSR count). The van der Waals surface area contributed by atoms with E-state index in [9.17, 15) is 4.79 Å². The summed E-state index contributed by atoms with van der Waals surface area (Å²) >= 11 is 0. The number of amides is 1. The molecule has 0 unspecified atom stereocenters. The topological polar surface area (TPSA) is 33.5 Å². The third kappa shape index (κ3) is 1.43. The van der Waals surface area contributed by atoms with Crippen LogP contribution < -0.4 is 0 Å². The third-order valence-electron chi connectivity index (χ3n) is 2.77. The average molecular weight is 193 g/mol. The first kappa shape index (κ1) is 9.31. The van der Waals surface area contributed by atoms with Gasteiger partial charge in [-0.1, -0.05) is 0 Å². The van der Waals surface area contributed by atoms with Gasteiger partial charge in [-0.2, -0.15) is 0 Å². The van der Waals surface area contributed by atoms with Crippen LogP contribution in [-0.2, 0) is 0 Å². The van der Waals surface area contributed by atoms with E-state index in [0.29, 0.717) is 0 Å². The molecule has 3 nitrogen and oxygen atoms in total. The molecule has 1 aliphatic rings. The summed E-state index contributed by atoms with van der Waals surface area (Å²) in [5, 5.41) is 0. The van der Waals surface area contributed by atoms with Crippen LogP contribution in [0.4, 0.5) is 0 Å². The summed E-state index contributed by atoms with van der Waals surface area (Å²) in [6.45, 7) is 5.54. The van der Waals surface area contributed by atoms with Crippen LogP contribution in [0.3, 0.4) is 0 Å². The fourth-order valence-electron chi connectivity index (χ4n) is 1.97. The van der Waals surface area contributed by atoms with Gasteiger partial charge in [-0.3, -0.25) is 4.79 Å². The second-order valence-corrected chi connectivity index (χ2v) is 3.85. The van der Waals surface area contributed by atoms with Gasteiger partial charge in [-0.25, -0.2) is 0 Å². The van der Waals surface area contributed by atoms with Crippen LogP contribution in [0.2, 0.25) is 0 Å². The maximum atomic E-state index is 12.0. The lowest BCUT2D eigenvalue weighted by Crippen LogP contribution is -2.28. The molecule has 0 atom stereocenters. The van der Waals surface area contributed by atoms with Crippen molar-refractivity contribution in [3.05, 3.63) is 23.2 Å². The molecule has 0 spiro atoms. The van der Waals surface area contributed by atoms with E-state index in [1.54, 1.807) is 6.26 Å². The van der Waals surface area contributed by atoms with Gasteiger partial charge in [0.1, 0.15) is 5.76 Å². The molecule has 1 aliphatic heterocycles. The van der Waals surface area contributed by atoms with Crippen LogP contribution in [0.5, 0.6) is 0 Å². The number of rotatable bonds is 1. The average Bonchev–Trinajstić information content (AvgIpc) is 2.75. The van der Waals surface area contributed by atoms with Gasteiger partial charge in [-0.05, 0) is 26.7 Å². The highest BCUT2D eigenvalue weighted by Crippen LogP contribution is 2.20. The minimum absolute atomic E-state index is 0.131. The van der Waals surface area contributed by atoms with Crippen molar-refractivity contribution in [2.45, 2.75) is 26.7 Å². The highest BCUT2D eigenvalue weighted by atomic mass is 16.3. The smallest absolute Gasteiger partial charge is 0.257 e. The zero-order chi connectivity index (χ0) is 10.1. The van der Waals surface area contributed by atoms with Crippen molar-refractivity contribution in [2.75, 3.05) is 13.1 Å². The Balaban J connectivity index is 2.25. The molecule has 76 valence electrons. The van der Waals surface area contributed by atoms with E-state index in [2.05, 4.69) is 0 Å². The van der Waals surface area contributed by atoms with Crippen molar-refractivity contribution in [2.24, 2.45) is 0 Å². The summed E-state index contributed by atoms with van der Waals surface area (Å²) in [5.74, 6) is 0.866. The SMILES string of the molecule is Cc1coc(C)c1C(=O)N1CCCC1. The van der Waals surface area contributed by atoms with Crippen molar-refractivity contribution in [1.29, 1.82) is 0 Å². The van der Waals surface area contributed by atoms with E-state index in [1.807, 2.05) is 18.7 Å². The minimum atomic E-state index is 0.131. The summed E-state index contributed by atoms with van der Waals surface area (Å²) in [6.07, 6.45) is 3.90. The Hall–Kier alpha value is -1.25. The predicted octanol–water partition coefficient (Wildman–Crippen LogP) is 2.13. The predicted molar refractivity (Wildman–Crippen MR) is 53.3 cm³/mol. The number of carbonyl (C=O) groups excluding carboxylic acids is 1. The summed E-state index contributed by atoms with van der Waals surface area (Å²) in [6, 6.07) is 0. The maximum absolute atomic E-state index is 12.0. The van der Waals surface area contributed by atoms with Crippen molar-refractivity contribution < 1.29 is 9.21 Å². The molecule has 0 N–H and O–H groups in total. The van der Waals surface area contributed by atoms with E-state index in [-0.39, 0.29) is 5.91 Å². The molecule has 0 aliphatic carbocycles. The van der Waals surface area contributed by atoms with Crippen LogP contribution in [0.15, 0.2) is 10.7 Å². The zero-order valence-electron chi connectivity index (χ0n) is 8.67. The highest BCUT2D eigenvalue weighted by Gasteiger charge is 2.23. The lowest BCUT2D eigenvalue weighted by molar-refractivity contribution is 0.0790. The fraction of sp³-hybridized carbons (Fsp3) is 0.545. The largest absolute Gasteiger partial charge is 0.469 e. The molecule has 1 aromatic heterocycles. The van der Waals surface area contributed by atoms with Gasteiger partial charge in [0.05, 0.1) is 11.8 Å². The molecular weight excluding hydrogens is 178 g/mol. The van der Waals surface area contributed by atoms with Crippen molar-refractivity contribution in [3.8, 4) is 0 Å². The Labute approximate surface area is 83.7 Å². The van der Waals surface area contributed by atoms with Crippen LogP contribution >= 0.6 is 0 Å². The number of aryl methyl sites for hydroxylation is 2. The van der Waals surface area contributed by atoms with Gasteiger partial charge in [-0.15, -0.1) is 0 Å². The number of hydrogen-bond donors (Lipinski definition) is 0. The number of carbonyl (C=O) groups is 1. The van der Waals surface area contributed by atoms with E-state index < -0.39 is 0 Å². The first-order chi connectivity index (χ1) is 6.70. The van der Waals surface area contributed by atoms with Crippen LogP contribution in [0.1, 0.15) is 34.5 Å². The summed E-state index contributed by atoms with van der Waals surface area (Å²) in [7, 11) is 0. The van der Waals surface area contributed by atoms with E-state index in [4.69, 9.17) is 4.42 Å². The molecule has 0 saturated carbocycles. The van der Waals surface area contributed by atoms with Crippen molar-refractivity contribution in [1.82, 2.24) is 4.90 Å². The Bertz CT molecular complexity index is 329. The Morgan fingerprint density at radius 1 is 1.36 bits per heavy atom. The van der Waals surface area contributed by atoms with E-state index in [0.717, 1.165) is 42.8 Å². The Morgan fingerprint density at radius 3 is 2.50 bits per heavy atom. The molecule has 1 saturated heterocycles. The highest BCUT2D eigenvalue weighted by molar-refractivity contribution is 5.96. The van der Waals surface area contributed by atoms with Crippen molar-refractivity contribution in [3.63, 3.8) is 0 Å². The summed E-state index contributed by atoms with van der Waals surface area (Å²) in [5.41, 5.74) is 1.70. The minimum Gasteiger partial charge on any atom is -0.469 e. The van der Waals surface area contributed by atoms with Crippen LogP contribution in [0, 0.1) is 13.8 Å². The maximum Gasteiger partial charge on any atom is 0.257 e. The fourth-order valence-corrected chi connectivity index (χ4v) is 1.97. The quantitative estimate of drug-likeness (QED) is 0.684. The molecular formula is C11H15NO2. The second kappa shape index (κ2) is 3.48. The standard InChI is InChI=1S/C11H15NO2/c1-8-7-14-9(2)10(8)11(13)12-5-3-4-6-12/h7H,3-6H2,1-2H3. The van der Waals surface area contributed by atoms with Gasteiger partial charge in [0.25, 0.3) is 5.91 Å². The Kier molecular flexibility index (Phi) is 2.32. The Morgan fingerprint density at radius 2 is 2.00 bits per heavy atom.